The van der Waals surface area contributed by atoms with Crippen LogP contribution in [0.25, 0.3) is 27.2 Å². The highest BCUT2D eigenvalue weighted by Crippen LogP contribution is 2.36. The number of anilines is 1. The zero-order valence-electron chi connectivity index (χ0n) is 18.2. The molecule has 0 aliphatic carbocycles. The summed E-state index contributed by atoms with van der Waals surface area (Å²) in [6.45, 7) is 0. The van der Waals surface area contributed by atoms with E-state index in [1.807, 2.05) is 36.4 Å². The van der Waals surface area contributed by atoms with Gasteiger partial charge in [0.2, 0.25) is 5.69 Å². The van der Waals surface area contributed by atoms with Crippen LogP contribution in [0.5, 0.6) is 11.5 Å². The van der Waals surface area contributed by atoms with Crippen molar-refractivity contribution in [2.45, 2.75) is 0 Å². The molecule has 0 saturated heterocycles. The Bertz CT molecular complexity index is 1580. The number of pyridine rings is 1. The molecule has 5 rings (SSSR count). The molecule has 0 unspecified atom stereocenters. The lowest BCUT2D eigenvalue weighted by Gasteiger charge is -2.07. The first-order chi connectivity index (χ1) is 16.5. The summed E-state index contributed by atoms with van der Waals surface area (Å²) in [5.74, 6) is 0.750. The number of H-pyrrole nitrogens is 1. The van der Waals surface area contributed by atoms with E-state index in [-0.39, 0.29) is 16.3 Å². The quantitative estimate of drug-likeness (QED) is 0.285. The van der Waals surface area contributed by atoms with E-state index in [1.54, 1.807) is 38.5 Å². The monoisotopic (exact) mass is 475 g/mol. The van der Waals surface area contributed by atoms with Gasteiger partial charge in [-0.25, -0.2) is 9.78 Å². The van der Waals surface area contributed by atoms with Crippen LogP contribution in [-0.2, 0) is 0 Å². The second-order valence-electron chi connectivity index (χ2n) is 7.29. The number of rotatable bonds is 6. The smallest absolute Gasteiger partial charge is 0.439 e. The number of ether oxygens (including phenoxy) is 2. The standard InChI is InChI=1S/C24H18N4O5S/c1-31-14-9-7-13(8-10-14)28-20(24(30)33-27-28)21(29)22-19(25)16-11-12-17(26-23(16)34-22)15-5-3-4-6-18(15)32-2/h3-12H,1-2H3,(H2-,25,27,29,30)/p+1. The minimum absolute atomic E-state index is 0.201. The molecule has 0 spiro atoms. The summed E-state index contributed by atoms with van der Waals surface area (Å²) >= 11 is 1.12. The number of nitrogens with zero attached hydrogens (tertiary/aromatic N) is 2. The molecule has 0 amide bonds. The lowest BCUT2D eigenvalue weighted by atomic mass is 10.1. The second kappa shape index (κ2) is 8.49. The molecule has 0 atom stereocenters. The fourth-order valence-corrected chi connectivity index (χ4v) is 4.69. The number of aromatic nitrogens is 3. The molecule has 0 aliphatic rings. The van der Waals surface area contributed by atoms with E-state index in [9.17, 15) is 9.59 Å². The number of carbonyl (C=O) groups excluding carboxylic acids is 1. The fourth-order valence-electron chi connectivity index (χ4n) is 3.66. The zero-order chi connectivity index (χ0) is 23.8. The minimum atomic E-state index is -0.805. The number of nitrogens with two attached hydrogens (primary N) is 1. The van der Waals surface area contributed by atoms with E-state index in [0.29, 0.717) is 33.1 Å². The minimum Gasteiger partial charge on any atom is -0.497 e. The van der Waals surface area contributed by atoms with Crippen LogP contribution in [-0.4, -0.2) is 30.3 Å². The van der Waals surface area contributed by atoms with Gasteiger partial charge in [-0.2, -0.15) is 0 Å². The normalized spacial score (nSPS) is 11.0. The Kier molecular flexibility index (Phi) is 5.34. The third kappa shape index (κ3) is 3.50. The molecule has 2 aromatic carbocycles. The van der Waals surface area contributed by atoms with Crippen LogP contribution < -0.4 is 25.5 Å². The van der Waals surface area contributed by atoms with E-state index in [2.05, 4.69) is 5.27 Å². The number of hydrogen-bond donors (Lipinski definition) is 2. The molecular weight excluding hydrogens is 456 g/mol. The van der Waals surface area contributed by atoms with Gasteiger partial charge in [0, 0.05) is 23.1 Å². The lowest BCUT2D eigenvalue weighted by Crippen LogP contribution is -2.41. The Hall–Kier alpha value is -4.44. The van der Waals surface area contributed by atoms with Crippen molar-refractivity contribution in [2.24, 2.45) is 0 Å². The highest BCUT2D eigenvalue weighted by molar-refractivity contribution is 7.21. The van der Waals surface area contributed by atoms with E-state index < -0.39 is 11.4 Å². The number of methoxy groups -OCH3 is 2. The van der Waals surface area contributed by atoms with Crippen LogP contribution in [0.2, 0.25) is 0 Å². The zero-order valence-corrected chi connectivity index (χ0v) is 19.0. The summed E-state index contributed by atoms with van der Waals surface area (Å²) in [4.78, 5) is 31.4. The summed E-state index contributed by atoms with van der Waals surface area (Å²) in [7, 11) is 3.15. The topological polar surface area (TPSA) is 124 Å². The summed E-state index contributed by atoms with van der Waals surface area (Å²) < 4.78 is 16.8. The first-order valence-electron chi connectivity index (χ1n) is 10.2. The summed E-state index contributed by atoms with van der Waals surface area (Å²) in [6.07, 6.45) is 0. The van der Waals surface area contributed by atoms with Crippen LogP contribution in [0, 0.1) is 0 Å². The summed E-state index contributed by atoms with van der Waals surface area (Å²) in [5, 5.41) is 3.10. The van der Waals surface area contributed by atoms with Gasteiger partial charge < -0.3 is 15.2 Å². The molecule has 3 heterocycles. The molecule has 9 nitrogen and oxygen atoms in total. The van der Waals surface area contributed by atoms with Gasteiger partial charge in [0.1, 0.15) is 21.2 Å². The van der Waals surface area contributed by atoms with Crippen LogP contribution in [0.4, 0.5) is 5.69 Å². The van der Waals surface area contributed by atoms with Crippen molar-refractivity contribution >= 4 is 33.0 Å². The first kappa shape index (κ1) is 21.4. The maximum absolute atomic E-state index is 13.4. The maximum Gasteiger partial charge on any atom is 0.439 e. The van der Waals surface area contributed by atoms with E-state index in [0.717, 1.165) is 16.9 Å². The van der Waals surface area contributed by atoms with Gasteiger partial charge in [-0.05, 0) is 46.4 Å². The highest BCUT2D eigenvalue weighted by atomic mass is 32.1. The Morgan fingerprint density at radius 3 is 2.56 bits per heavy atom. The van der Waals surface area contributed by atoms with Crippen molar-refractivity contribution in [3.8, 4) is 28.4 Å². The van der Waals surface area contributed by atoms with Gasteiger partial charge >= 0.3 is 11.3 Å². The van der Waals surface area contributed by atoms with Crippen LogP contribution in [0.3, 0.4) is 0 Å². The third-order valence-electron chi connectivity index (χ3n) is 5.38. The maximum atomic E-state index is 13.4. The third-order valence-corrected chi connectivity index (χ3v) is 6.49. The molecule has 0 aliphatic heterocycles. The van der Waals surface area contributed by atoms with Crippen molar-refractivity contribution in [3.05, 3.63) is 81.7 Å². The fraction of sp³-hybridized carbons (Fsp3) is 0.0833. The largest absolute Gasteiger partial charge is 0.497 e. The Morgan fingerprint density at radius 2 is 1.82 bits per heavy atom. The van der Waals surface area contributed by atoms with Gasteiger partial charge in [-0.15, -0.1) is 11.3 Å². The second-order valence-corrected chi connectivity index (χ2v) is 8.29. The van der Waals surface area contributed by atoms with Crippen molar-refractivity contribution < 1.29 is 23.5 Å². The molecule has 34 heavy (non-hydrogen) atoms. The van der Waals surface area contributed by atoms with Crippen LogP contribution in [0.15, 0.2) is 70.0 Å². The number of para-hydroxylation sites is 1. The number of carbonyl (C=O) groups is 1. The molecule has 0 bridgehead atoms. The predicted molar refractivity (Wildman–Crippen MR) is 127 cm³/mol. The summed E-state index contributed by atoms with van der Waals surface area (Å²) in [6, 6.07) is 17.9. The van der Waals surface area contributed by atoms with E-state index >= 15 is 0 Å². The number of fused-ring (bicyclic) bond motifs is 1. The van der Waals surface area contributed by atoms with Crippen LogP contribution in [0.1, 0.15) is 15.4 Å². The van der Waals surface area contributed by atoms with Crippen molar-refractivity contribution in [3.63, 3.8) is 0 Å². The average Bonchev–Trinajstić information content (AvgIpc) is 3.43. The number of benzene rings is 2. The number of hydrogen-bond acceptors (Lipinski definition) is 8. The van der Waals surface area contributed by atoms with Gasteiger partial charge in [0.05, 0.1) is 25.6 Å². The Labute approximate surface area is 196 Å². The van der Waals surface area contributed by atoms with Gasteiger partial charge in [0.25, 0.3) is 5.78 Å². The van der Waals surface area contributed by atoms with E-state index in [4.69, 9.17) is 24.7 Å². The first-order valence-corrected chi connectivity index (χ1v) is 11.0. The summed E-state index contributed by atoms with van der Waals surface area (Å²) in [5.41, 5.74) is 7.59. The Morgan fingerprint density at radius 1 is 1.06 bits per heavy atom. The average molecular weight is 476 g/mol. The lowest BCUT2D eigenvalue weighted by molar-refractivity contribution is -0.672. The molecule has 3 N–H and O–H groups in total. The number of ketones is 1. The molecule has 170 valence electrons. The number of nitrogens with one attached hydrogen (secondary N) is 1. The predicted octanol–water partition coefficient (Wildman–Crippen LogP) is 3.35. The molecule has 0 radical (unpaired) electrons. The van der Waals surface area contributed by atoms with Crippen molar-refractivity contribution in [1.29, 1.82) is 0 Å². The SMILES string of the molecule is COc1ccc(-[n+]2[nH]oc(=O)c2C(=O)c2sc3nc(-c4ccccc4OC)ccc3c2N)cc1. The van der Waals surface area contributed by atoms with E-state index in [1.165, 1.54) is 4.68 Å². The van der Waals surface area contributed by atoms with Crippen LogP contribution >= 0.6 is 11.3 Å². The molecule has 3 aromatic heterocycles. The highest BCUT2D eigenvalue weighted by Gasteiger charge is 2.34. The van der Waals surface area contributed by atoms with Gasteiger partial charge in [-0.3, -0.25) is 9.32 Å². The molecule has 10 heteroatoms. The van der Waals surface area contributed by atoms with Gasteiger partial charge in [0.15, 0.2) is 0 Å². The molecule has 0 saturated carbocycles. The van der Waals surface area contributed by atoms with Crippen molar-refractivity contribution in [1.82, 2.24) is 10.3 Å². The molecule has 0 fully saturated rings. The number of aromatic amines is 1. The number of thiophene rings is 1. The van der Waals surface area contributed by atoms with Crippen molar-refractivity contribution in [2.75, 3.05) is 20.0 Å². The Balaban J connectivity index is 1.59. The van der Waals surface area contributed by atoms with Gasteiger partial charge in [-0.1, -0.05) is 12.1 Å². The molecule has 5 aromatic rings. The molecular formula is C24H19N4O5S+. The number of nitrogen functional groups attached to an aromatic ring is 1.